The summed E-state index contributed by atoms with van der Waals surface area (Å²) < 4.78 is 1.90. The molecule has 0 bridgehead atoms. The van der Waals surface area contributed by atoms with Gasteiger partial charge in [0.25, 0.3) is 0 Å². The molecule has 0 fully saturated rings. The molecule has 0 aromatic carbocycles. The molecule has 0 radical (unpaired) electrons. The van der Waals surface area contributed by atoms with Gasteiger partial charge in [0.2, 0.25) is 0 Å². The lowest BCUT2D eigenvalue weighted by atomic mass is 10.2. The summed E-state index contributed by atoms with van der Waals surface area (Å²) in [5, 5.41) is 14.6. The van der Waals surface area contributed by atoms with Gasteiger partial charge in [-0.1, -0.05) is 13.8 Å². The maximum atomic E-state index is 4.64. The normalized spacial score (nSPS) is 12.5. The van der Waals surface area contributed by atoms with E-state index >= 15 is 0 Å². The van der Waals surface area contributed by atoms with Crippen LogP contribution in [0.25, 0.3) is 0 Å². The van der Waals surface area contributed by atoms with Gasteiger partial charge < -0.3 is 15.2 Å². The van der Waals surface area contributed by atoms with Crippen molar-refractivity contribution >= 4 is 11.6 Å². The van der Waals surface area contributed by atoms with Gasteiger partial charge in [0.15, 0.2) is 5.82 Å². The summed E-state index contributed by atoms with van der Waals surface area (Å²) in [6.45, 7) is 8.21. The van der Waals surface area contributed by atoms with E-state index in [2.05, 4.69) is 44.6 Å². The quantitative estimate of drug-likeness (QED) is 0.878. The molecule has 1 unspecified atom stereocenters. The minimum Gasteiger partial charge on any atom is -0.373 e. The highest BCUT2D eigenvalue weighted by molar-refractivity contribution is 5.57. The Balaban J connectivity index is 2.34. The third-order valence-corrected chi connectivity index (χ3v) is 3.40. The average Bonchev–Trinajstić information content (AvgIpc) is 2.87. The van der Waals surface area contributed by atoms with E-state index in [1.54, 1.807) is 6.33 Å². The lowest BCUT2D eigenvalue weighted by Crippen LogP contribution is -2.16. The van der Waals surface area contributed by atoms with Crippen molar-refractivity contribution in [2.24, 2.45) is 7.05 Å². The van der Waals surface area contributed by atoms with Gasteiger partial charge in [-0.15, -0.1) is 10.2 Å². The molecule has 0 amide bonds. The Labute approximate surface area is 125 Å². The molecular weight excluding hydrogens is 266 g/mol. The largest absolute Gasteiger partial charge is 0.373 e. The van der Waals surface area contributed by atoms with Gasteiger partial charge in [-0.05, 0) is 13.8 Å². The minimum absolute atomic E-state index is 0.0100. The first-order chi connectivity index (χ1) is 9.93. The molecule has 0 aliphatic rings. The van der Waals surface area contributed by atoms with Crippen LogP contribution in [0.15, 0.2) is 6.33 Å². The highest BCUT2D eigenvalue weighted by Crippen LogP contribution is 2.25. The Hall–Kier alpha value is -2.18. The number of aromatic nitrogens is 5. The fraction of sp³-hybridized carbons (Fsp3) is 0.571. The lowest BCUT2D eigenvalue weighted by molar-refractivity contribution is 0.709. The van der Waals surface area contributed by atoms with Crippen molar-refractivity contribution in [1.29, 1.82) is 0 Å². The first-order valence-electron chi connectivity index (χ1n) is 7.10. The lowest BCUT2D eigenvalue weighted by Gasteiger charge is -2.18. The monoisotopic (exact) mass is 289 g/mol. The molecule has 2 aromatic heterocycles. The van der Waals surface area contributed by atoms with Crippen molar-refractivity contribution in [3.8, 4) is 0 Å². The Kier molecular flexibility index (Phi) is 4.40. The summed E-state index contributed by atoms with van der Waals surface area (Å²) in [5.41, 5.74) is 0.996. The predicted octanol–water partition coefficient (Wildman–Crippen LogP) is 2.25. The molecule has 0 saturated carbocycles. The zero-order valence-electron chi connectivity index (χ0n) is 13.5. The van der Waals surface area contributed by atoms with Crippen LogP contribution in [0.2, 0.25) is 0 Å². The van der Waals surface area contributed by atoms with E-state index in [0.717, 1.165) is 28.8 Å². The summed E-state index contributed by atoms with van der Waals surface area (Å²) in [6, 6.07) is 0.0100. The van der Waals surface area contributed by atoms with Crippen molar-refractivity contribution in [3.63, 3.8) is 0 Å². The number of rotatable bonds is 5. The van der Waals surface area contributed by atoms with Crippen molar-refractivity contribution in [3.05, 3.63) is 23.5 Å². The average molecular weight is 289 g/mol. The second-order valence-corrected chi connectivity index (χ2v) is 5.47. The molecule has 2 rings (SSSR count). The molecule has 114 valence electrons. The third-order valence-electron chi connectivity index (χ3n) is 3.40. The summed E-state index contributed by atoms with van der Waals surface area (Å²) in [6.07, 6.45) is 1.69. The maximum absolute atomic E-state index is 4.64. The van der Waals surface area contributed by atoms with Crippen molar-refractivity contribution in [1.82, 2.24) is 24.7 Å². The van der Waals surface area contributed by atoms with E-state index in [4.69, 9.17) is 0 Å². The Morgan fingerprint density at radius 2 is 1.81 bits per heavy atom. The number of anilines is 2. The van der Waals surface area contributed by atoms with E-state index in [9.17, 15) is 0 Å². The van der Waals surface area contributed by atoms with Crippen LogP contribution in [0.4, 0.5) is 11.6 Å². The van der Waals surface area contributed by atoms with E-state index in [1.165, 1.54) is 0 Å². The molecule has 1 atom stereocenters. The summed E-state index contributed by atoms with van der Waals surface area (Å²) in [5.74, 6) is 3.63. The van der Waals surface area contributed by atoms with Crippen molar-refractivity contribution < 1.29 is 0 Å². The third kappa shape index (κ3) is 3.12. The van der Waals surface area contributed by atoms with E-state index < -0.39 is 0 Å². The number of aryl methyl sites for hydroxylation is 1. The molecule has 7 heteroatoms. The Bertz CT molecular complexity index is 618. The van der Waals surface area contributed by atoms with Crippen LogP contribution in [0, 0.1) is 6.92 Å². The molecule has 21 heavy (non-hydrogen) atoms. The molecule has 2 aromatic rings. The Morgan fingerprint density at radius 3 is 2.33 bits per heavy atom. The zero-order valence-corrected chi connectivity index (χ0v) is 13.5. The Morgan fingerprint density at radius 1 is 1.14 bits per heavy atom. The SMILES string of the molecule is CNc1nc(C(C)C)nc(NC(C)c2nncn2C)c1C. The van der Waals surface area contributed by atoms with Gasteiger partial charge in [0.1, 0.15) is 23.8 Å². The number of nitrogens with zero attached hydrogens (tertiary/aromatic N) is 5. The predicted molar refractivity (Wildman–Crippen MR) is 83.4 cm³/mol. The molecule has 0 saturated heterocycles. The van der Waals surface area contributed by atoms with Gasteiger partial charge in [0, 0.05) is 25.6 Å². The van der Waals surface area contributed by atoms with Gasteiger partial charge >= 0.3 is 0 Å². The number of nitrogens with one attached hydrogen (secondary N) is 2. The van der Waals surface area contributed by atoms with Crippen LogP contribution >= 0.6 is 0 Å². The highest BCUT2D eigenvalue weighted by atomic mass is 15.3. The fourth-order valence-corrected chi connectivity index (χ4v) is 2.13. The van der Waals surface area contributed by atoms with E-state index in [-0.39, 0.29) is 12.0 Å². The molecular formula is C14H23N7. The first kappa shape index (κ1) is 15.2. The molecule has 0 aliphatic heterocycles. The molecule has 7 nitrogen and oxygen atoms in total. The van der Waals surface area contributed by atoms with Gasteiger partial charge in [0.05, 0.1) is 6.04 Å². The highest BCUT2D eigenvalue weighted by Gasteiger charge is 2.17. The van der Waals surface area contributed by atoms with Gasteiger partial charge in [-0.25, -0.2) is 9.97 Å². The van der Waals surface area contributed by atoms with Crippen LogP contribution in [-0.4, -0.2) is 31.8 Å². The van der Waals surface area contributed by atoms with E-state index in [1.807, 2.05) is 32.5 Å². The standard InChI is InChI=1S/C14H23N7/c1-8(2)11-18-12(15-5)9(3)13(19-11)17-10(4)14-20-16-7-21(14)6/h7-8,10H,1-6H3,(H2,15,17,18,19). The summed E-state index contributed by atoms with van der Waals surface area (Å²) in [4.78, 5) is 9.18. The molecule has 0 spiro atoms. The number of hydrogen-bond donors (Lipinski definition) is 2. The second-order valence-electron chi connectivity index (χ2n) is 5.47. The second kappa shape index (κ2) is 6.07. The first-order valence-corrected chi connectivity index (χ1v) is 7.10. The van der Waals surface area contributed by atoms with Gasteiger partial charge in [-0.3, -0.25) is 0 Å². The van der Waals surface area contributed by atoms with Crippen molar-refractivity contribution in [2.45, 2.75) is 39.7 Å². The van der Waals surface area contributed by atoms with Crippen LogP contribution in [-0.2, 0) is 7.05 Å². The topological polar surface area (TPSA) is 80.6 Å². The molecule has 2 heterocycles. The van der Waals surface area contributed by atoms with Crippen LogP contribution in [0.5, 0.6) is 0 Å². The van der Waals surface area contributed by atoms with Crippen LogP contribution in [0.3, 0.4) is 0 Å². The zero-order chi connectivity index (χ0) is 15.6. The molecule has 2 N–H and O–H groups in total. The van der Waals surface area contributed by atoms with Crippen molar-refractivity contribution in [2.75, 3.05) is 17.7 Å². The smallest absolute Gasteiger partial charge is 0.154 e. The van der Waals surface area contributed by atoms with Crippen LogP contribution in [0.1, 0.15) is 49.9 Å². The molecule has 0 aliphatic carbocycles. The minimum atomic E-state index is 0.0100. The summed E-state index contributed by atoms with van der Waals surface area (Å²) in [7, 11) is 3.80. The van der Waals surface area contributed by atoms with E-state index in [0.29, 0.717) is 0 Å². The van der Waals surface area contributed by atoms with Crippen LogP contribution < -0.4 is 10.6 Å². The summed E-state index contributed by atoms with van der Waals surface area (Å²) >= 11 is 0. The number of hydrogen-bond acceptors (Lipinski definition) is 6. The van der Waals surface area contributed by atoms with Gasteiger partial charge in [-0.2, -0.15) is 0 Å². The fourth-order valence-electron chi connectivity index (χ4n) is 2.13. The maximum Gasteiger partial charge on any atom is 0.154 e.